The molecule has 0 spiro atoms. The number of nitrogens with two attached hydrogens (primary N) is 6. The number of aliphatic carboxylic acids is 2. The number of hydrogen-bond acceptors (Lipinski definition) is 9. The average molecular weight is 574 g/mol. The maximum absolute atomic E-state index is 13.2. The summed E-state index contributed by atoms with van der Waals surface area (Å²) in [5.74, 6) is -5.33. The van der Waals surface area contributed by atoms with Crippen LogP contribution in [-0.4, -0.2) is 95.6 Å². The molecule has 0 aromatic rings. The first-order valence-electron chi connectivity index (χ1n) is 12.7. The van der Waals surface area contributed by atoms with E-state index < -0.39 is 60.2 Å². The smallest absolute Gasteiger partial charge is 0.326 e. The van der Waals surface area contributed by atoms with Gasteiger partial charge in [-0.05, 0) is 51.5 Å². The lowest BCUT2D eigenvalue weighted by Gasteiger charge is -2.25. The van der Waals surface area contributed by atoms with Crippen molar-refractivity contribution in [3.63, 3.8) is 0 Å². The summed E-state index contributed by atoms with van der Waals surface area (Å²) in [5, 5.41) is 25.8. The topological polar surface area (TPSA) is 343 Å². The van der Waals surface area contributed by atoms with Crippen LogP contribution in [0.3, 0.4) is 0 Å². The SMILES string of the molecule is NCCCCC(NC(=O)C(N)CC(=O)O)C(=O)NC(CCCN=C(N)N)C(=O)NC(CCCN=C(N)N)C(=O)O. The average Bonchev–Trinajstić information content (AvgIpc) is 2.85. The molecule has 40 heavy (non-hydrogen) atoms. The van der Waals surface area contributed by atoms with Gasteiger partial charge in [0, 0.05) is 13.1 Å². The van der Waals surface area contributed by atoms with Crippen LogP contribution in [0.15, 0.2) is 9.98 Å². The number of nitrogens with zero attached hydrogens (tertiary/aromatic N) is 2. The molecule has 18 nitrogen and oxygen atoms in total. The first kappa shape index (κ1) is 35.8. The largest absolute Gasteiger partial charge is 0.481 e. The fourth-order valence-corrected chi connectivity index (χ4v) is 3.40. The molecule has 0 heterocycles. The Morgan fingerprint density at radius 1 is 0.650 bits per heavy atom. The molecule has 0 aromatic heterocycles. The molecule has 0 radical (unpaired) electrons. The predicted molar refractivity (Wildman–Crippen MR) is 146 cm³/mol. The van der Waals surface area contributed by atoms with Crippen molar-refractivity contribution in [2.45, 2.75) is 75.5 Å². The monoisotopic (exact) mass is 573 g/mol. The summed E-state index contributed by atoms with van der Waals surface area (Å²) in [5.41, 5.74) is 32.3. The predicted octanol–water partition coefficient (Wildman–Crippen LogP) is -4.44. The summed E-state index contributed by atoms with van der Waals surface area (Å²) in [7, 11) is 0. The molecular weight excluding hydrogens is 530 g/mol. The molecule has 0 fully saturated rings. The Hall–Kier alpha value is -4.19. The second kappa shape index (κ2) is 19.8. The number of amides is 3. The van der Waals surface area contributed by atoms with E-state index >= 15 is 0 Å². The number of nitrogens with one attached hydrogen (secondary N) is 3. The van der Waals surface area contributed by atoms with Crippen LogP contribution in [0.25, 0.3) is 0 Å². The summed E-state index contributed by atoms with van der Waals surface area (Å²) in [4.78, 5) is 68.8. The maximum atomic E-state index is 13.2. The number of carbonyl (C=O) groups is 5. The van der Waals surface area contributed by atoms with Crippen LogP contribution in [0, 0.1) is 0 Å². The summed E-state index contributed by atoms with van der Waals surface area (Å²) >= 11 is 0. The fourth-order valence-electron chi connectivity index (χ4n) is 3.40. The van der Waals surface area contributed by atoms with Crippen molar-refractivity contribution in [1.82, 2.24) is 16.0 Å². The highest BCUT2D eigenvalue weighted by Crippen LogP contribution is 2.07. The molecule has 4 unspecified atom stereocenters. The number of carboxylic acid groups (broad SMARTS) is 2. The summed E-state index contributed by atoms with van der Waals surface area (Å²) in [6.45, 7) is 0.606. The normalized spacial score (nSPS) is 13.6. The highest BCUT2D eigenvalue weighted by molar-refractivity contribution is 5.94. The van der Waals surface area contributed by atoms with Crippen LogP contribution >= 0.6 is 0 Å². The van der Waals surface area contributed by atoms with Gasteiger partial charge in [0.1, 0.15) is 18.1 Å². The summed E-state index contributed by atoms with van der Waals surface area (Å²) < 4.78 is 0. The molecule has 0 aliphatic rings. The molecule has 3 amide bonds. The van der Waals surface area contributed by atoms with Gasteiger partial charge in [0.15, 0.2) is 11.9 Å². The summed E-state index contributed by atoms with van der Waals surface area (Å²) in [6.07, 6.45) is 0.958. The van der Waals surface area contributed by atoms with E-state index in [0.717, 1.165) is 0 Å². The zero-order valence-corrected chi connectivity index (χ0v) is 22.4. The van der Waals surface area contributed by atoms with Crippen molar-refractivity contribution in [2.75, 3.05) is 19.6 Å². The van der Waals surface area contributed by atoms with E-state index in [0.29, 0.717) is 19.4 Å². The van der Waals surface area contributed by atoms with Gasteiger partial charge < -0.3 is 60.6 Å². The third kappa shape index (κ3) is 16.6. The standard InChI is InChI=1S/C22H43N11O7/c23-8-2-1-5-13(31-17(36)12(24)11-16(34)35)18(37)32-14(6-3-9-29-21(25)26)19(38)33-15(20(39)40)7-4-10-30-22(27)28/h12-15H,1-11,23-24H2,(H,31,36)(H,32,37)(H,33,38)(H,34,35)(H,39,40)(H4,25,26,29)(H4,27,28,30). The zero-order chi connectivity index (χ0) is 30.7. The Kier molecular flexibility index (Phi) is 17.7. The van der Waals surface area contributed by atoms with E-state index in [1.807, 2.05) is 0 Å². The van der Waals surface area contributed by atoms with Crippen LogP contribution in [0.2, 0.25) is 0 Å². The van der Waals surface area contributed by atoms with E-state index in [1.54, 1.807) is 0 Å². The van der Waals surface area contributed by atoms with E-state index in [9.17, 15) is 29.1 Å². The minimum atomic E-state index is -1.41. The van der Waals surface area contributed by atoms with Crippen molar-refractivity contribution in [2.24, 2.45) is 44.4 Å². The molecule has 0 bridgehead atoms. The molecule has 18 heteroatoms. The molecular formula is C22H43N11O7. The number of carbonyl (C=O) groups excluding carboxylic acids is 3. The Bertz CT molecular complexity index is 906. The van der Waals surface area contributed by atoms with Crippen LogP contribution in [0.1, 0.15) is 51.4 Å². The molecule has 0 rings (SSSR count). The second-order valence-corrected chi connectivity index (χ2v) is 8.91. The quantitative estimate of drug-likeness (QED) is 0.0351. The zero-order valence-electron chi connectivity index (χ0n) is 22.4. The molecule has 17 N–H and O–H groups in total. The van der Waals surface area contributed by atoms with Crippen LogP contribution in [0.4, 0.5) is 0 Å². The number of carboxylic acids is 2. The van der Waals surface area contributed by atoms with Gasteiger partial charge in [0.05, 0.1) is 12.5 Å². The van der Waals surface area contributed by atoms with Crippen LogP contribution < -0.4 is 50.4 Å². The Morgan fingerprint density at radius 3 is 1.50 bits per heavy atom. The fraction of sp³-hybridized carbons (Fsp3) is 0.682. The van der Waals surface area contributed by atoms with Crippen molar-refractivity contribution < 1.29 is 34.2 Å². The molecule has 0 aliphatic heterocycles. The Labute approximate surface area is 231 Å². The third-order valence-corrected chi connectivity index (χ3v) is 5.45. The van der Waals surface area contributed by atoms with Crippen molar-refractivity contribution in [3.8, 4) is 0 Å². The Morgan fingerprint density at radius 2 is 1.07 bits per heavy atom. The second-order valence-electron chi connectivity index (χ2n) is 8.91. The maximum Gasteiger partial charge on any atom is 0.326 e. The van der Waals surface area contributed by atoms with Gasteiger partial charge in [-0.3, -0.25) is 29.2 Å². The van der Waals surface area contributed by atoms with Gasteiger partial charge in [0.25, 0.3) is 0 Å². The van der Waals surface area contributed by atoms with Gasteiger partial charge >= 0.3 is 11.9 Å². The van der Waals surface area contributed by atoms with Gasteiger partial charge in [0.2, 0.25) is 17.7 Å². The highest BCUT2D eigenvalue weighted by Gasteiger charge is 2.30. The van der Waals surface area contributed by atoms with Crippen molar-refractivity contribution in [3.05, 3.63) is 0 Å². The third-order valence-electron chi connectivity index (χ3n) is 5.45. The lowest BCUT2D eigenvalue weighted by molar-refractivity contribution is -0.142. The van der Waals surface area contributed by atoms with Gasteiger partial charge in [-0.2, -0.15) is 0 Å². The van der Waals surface area contributed by atoms with Gasteiger partial charge in [-0.25, -0.2) is 4.79 Å². The Balaban J connectivity index is 5.68. The molecule has 0 aromatic carbocycles. The number of aliphatic imine (C=N–C) groups is 2. The lowest BCUT2D eigenvalue weighted by Crippen LogP contribution is -2.57. The van der Waals surface area contributed by atoms with E-state index in [4.69, 9.17) is 39.5 Å². The first-order valence-corrected chi connectivity index (χ1v) is 12.7. The summed E-state index contributed by atoms with van der Waals surface area (Å²) in [6, 6.07) is -5.09. The van der Waals surface area contributed by atoms with Gasteiger partial charge in [-0.1, -0.05) is 0 Å². The number of guanidine groups is 2. The van der Waals surface area contributed by atoms with Gasteiger partial charge in [-0.15, -0.1) is 0 Å². The molecule has 0 aliphatic carbocycles. The molecule has 228 valence electrons. The highest BCUT2D eigenvalue weighted by atomic mass is 16.4. The molecule has 4 atom stereocenters. The van der Waals surface area contributed by atoms with Crippen molar-refractivity contribution >= 4 is 41.6 Å². The van der Waals surface area contributed by atoms with Crippen LogP contribution in [0.5, 0.6) is 0 Å². The first-order chi connectivity index (χ1) is 18.8. The van der Waals surface area contributed by atoms with E-state index in [-0.39, 0.29) is 57.1 Å². The number of unbranched alkanes of at least 4 members (excludes halogenated alkanes) is 1. The molecule has 0 saturated carbocycles. The van der Waals surface area contributed by atoms with E-state index in [1.165, 1.54) is 0 Å². The molecule has 0 saturated heterocycles. The number of hydrogen-bond donors (Lipinski definition) is 11. The van der Waals surface area contributed by atoms with Crippen molar-refractivity contribution in [1.29, 1.82) is 0 Å². The minimum Gasteiger partial charge on any atom is -0.481 e. The lowest BCUT2D eigenvalue weighted by atomic mass is 10.0. The van der Waals surface area contributed by atoms with E-state index in [2.05, 4.69) is 25.9 Å². The minimum absolute atomic E-state index is 0.00571. The number of rotatable bonds is 21. The van der Waals surface area contributed by atoms with Crippen LogP contribution in [-0.2, 0) is 24.0 Å².